The highest BCUT2D eigenvalue weighted by Gasteiger charge is 2.61. The number of ether oxygens (including phenoxy) is 1. The number of fused-ring (bicyclic) bond motifs is 1. The zero-order valence-electron chi connectivity index (χ0n) is 28.2. The Morgan fingerprint density at radius 1 is 1.05 bits per heavy atom. The maximum absolute atomic E-state index is 13.2. The second-order valence-electron chi connectivity index (χ2n) is 16.0. The van der Waals surface area contributed by atoms with Gasteiger partial charge in [-0.15, -0.1) is 0 Å². The molecule has 1 fully saturated rings. The zero-order chi connectivity index (χ0) is 31.7. The molecule has 0 amide bonds. The van der Waals surface area contributed by atoms with E-state index < -0.39 is 10.8 Å². The molecule has 0 aromatic heterocycles. The molecule has 5 nitrogen and oxygen atoms in total. The number of carbonyl (C=O) groups excluding carboxylic acids is 3. The Bertz CT molecular complexity index is 1130. The largest absolute Gasteiger partial charge is 0.469 e. The van der Waals surface area contributed by atoms with Gasteiger partial charge in [0.1, 0.15) is 6.07 Å². The van der Waals surface area contributed by atoms with E-state index in [1.54, 1.807) is 13.0 Å². The Kier molecular flexibility index (Phi) is 10.4. The van der Waals surface area contributed by atoms with Crippen molar-refractivity contribution in [1.29, 1.82) is 5.26 Å². The molecule has 2 aliphatic rings. The topological polar surface area (TPSA) is 84.2 Å². The lowest BCUT2D eigenvalue weighted by Crippen LogP contribution is -2.55. The van der Waals surface area contributed by atoms with Crippen LogP contribution >= 0.6 is 0 Å². The van der Waals surface area contributed by atoms with Crippen molar-refractivity contribution in [3.63, 3.8) is 0 Å². The number of hydrogen-bond acceptors (Lipinski definition) is 5. The molecule has 0 radical (unpaired) electrons. The predicted octanol–water partition coefficient (Wildman–Crippen LogP) is 8.97. The van der Waals surface area contributed by atoms with Crippen LogP contribution in [0.3, 0.4) is 0 Å². The molecule has 0 heterocycles. The van der Waals surface area contributed by atoms with Crippen molar-refractivity contribution >= 4 is 17.5 Å². The molecule has 1 saturated carbocycles. The number of hydrogen-bond donors (Lipinski definition) is 0. The fourth-order valence-electron chi connectivity index (χ4n) is 8.17. The average Bonchev–Trinajstić information content (AvgIpc) is 2.86. The number of rotatable bonds is 12. The highest BCUT2D eigenvalue weighted by molar-refractivity contribution is 6.04. The van der Waals surface area contributed by atoms with E-state index in [2.05, 4.69) is 61.5 Å². The average molecular weight is 568 g/mol. The van der Waals surface area contributed by atoms with Crippen molar-refractivity contribution < 1.29 is 19.1 Å². The highest BCUT2D eigenvalue weighted by atomic mass is 16.5. The van der Waals surface area contributed by atoms with Crippen LogP contribution in [-0.4, -0.2) is 24.6 Å². The molecular formula is C36H57NO4. The number of ketones is 2. The monoisotopic (exact) mass is 567 g/mol. The van der Waals surface area contributed by atoms with Crippen LogP contribution in [0.1, 0.15) is 134 Å². The summed E-state index contributed by atoms with van der Waals surface area (Å²) in [5.74, 6) is -0.283. The van der Waals surface area contributed by atoms with Gasteiger partial charge in [0.2, 0.25) is 0 Å². The number of methoxy groups -OCH3 is 1. The van der Waals surface area contributed by atoms with E-state index in [4.69, 9.17) is 4.74 Å². The summed E-state index contributed by atoms with van der Waals surface area (Å²) in [6, 6.07) is 2.17. The van der Waals surface area contributed by atoms with Gasteiger partial charge >= 0.3 is 5.97 Å². The van der Waals surface area contributed by atoms with Crippen LogP contribution in [0.25, 0.3) is 0 Å². The van der Waals surface area contributed by atoms with E-state index in [1.165, 1.54) is 7.11 Å². The third-order valence-corrected chi connectivity index (χ3v) is 11.4. The van der Waals surface area contributed by atoms with E-state index in [0.717, 1.165) is 56.9 Å². The minimum Gasteiger partial charge on any atom is -0.469 e. The van der Waals surface area contributed by atoms with Crippen molar-refractivity contribution in [2.24, 2.45) is 38.4 Å². The zero-order valence-corrected chi connectivity index (χ0v) is 28.2. The molecule has 2 rings (SSSR count). The molecular weight excluding hydrogens is 510 g/mol. The third-order valence-electron chi connectivity index (χ3n) is 11.4. The Morgan fingerprint density at radius 3 is 2.15 bits per heavy atom. The molecule has 2 aliphatic carbocycles. The molecule has 230 valence electrons. The van der Waals surface area contributed by atoms with E-state index in [9.17, 15) is 19.6 Å². The van der Waals surface area contributed by atoms with Gasteiger partial charge in [-0.25, -0.2) is 0 Å². The third kappa shape index (κ3) is 7.06. The fraction of sp³-hybridized carbons (Fsp3) is 0.778. The van der Waals surface area contributed by atoms with Gasteiger partial charge in [0, 0.05) is 10.8 Å². The van der Waals surface area contributed by atoms with E-state index in [1.807, 2.05) is 19.9 Å². The Morgan fingerprint density at radius 2 is 1.63 bits per heavy atom. The summed E-state index contributed by atoms with van der Waals surface area (Å²) in [7, 11) is 1.46. The fourth-order valence-corrected chi connectivity index (χ4v) is 8.17. The van der Waals surface area contributed by atoms with Gasteiger partial charge < -0.3 is 4.74 Å². The van der Waals surface area contributed by atoms with Crippen LogP contribution < -0.4 is 0 Å². The van der Waals surface area contributed by atoms with Gasteiger partial charge in [0.25, 0.3) is 0 Å². The first-order valence-corrected chi connectivity index (χ1v) is 15.6. The summed E-state index contributed by atoms with van der Waals surface area (Å²) in [5, 5.41) is 9.90. The molecule has 0 spiro atoms. The van der Waals surface area contributed by atoms with Crippen molar-refractivity contribution in [2.75, 3.05) is 7.11 Å². The Hall–Kier alpha value is -2.22. The highest BCUT2D eigenvalue weighted by Crippen LogP contribution is 2.67. The number of Topliss-reactive ketones (excluding diaryl/α,β-unsaturated/α-hetero) is 1. The van der Waals surface area contributed by atoms with Gasteiger partial charge in [-0.05, 0) is 85.5 Å². The molecule has 0 aliphatic heterocycles. The normalized spacial score (nSPS) is 28.8. The van der Waals surface area contributed by atoms with Crippen molar-refractivity contribution in [3.05, 3.63) is 23.3 Å². The molecule has 0 N–H and O–H groups in total. The summed E-state index contributed by atoms with van der Waals surface area (Å²) in [5.41, 5.74) is -0.594. The predicted molar refractivity (Wildman–Crippen MR) is 166 cm³/mol. The van der Waals surface area contributed by atoms with Crippen LogP contribution in [0, 0.1) is 49.7 Å². The van der Waals surface area contributed by atoms with Gasteiger partial charge in [0.15, 0.2) is 11.6 Å². The quantitative estimate of drug-likeness (QED) is 0.174. The summed E-state index contributed by atoms with van der Waals surface area (Å²) < 4.78 is 5.13. The van der Waals surface area contributed by atoms with Gasteiger partial charge in [-0.1, -0.05) is 87.3 Å². The maximum atomic E-state index is 13.2. The summed E-state index contributed by atoms with van der Waals surface area (Å²) in [6.07, 6.45) is 11.8. The molecule has 0 unspecified atom stereocenters. The molecule has 41 heavy (non-hydrogen) atoms. The van der Waals surface area contributed by atoms with E-state index >= 15 is 0 Å². The molecule has 4 atom stereocenters. The molecule has 0 bridgehead atoms. The first kappa shape index (κ1) is 35.0. The van der Waals surface area contributed by atoms with Gasteiger partial charge in [0.05, 0.1) is 19.1 Å². The summed E-state index contributed by atoms with van der Waals surface area (Å²) in [4.78, 5) is 38.5. The second-order valence-corrected chi connectivity index (χ2v) is 16.0. The maximum Gasteiger partial charge on any atom is 0.306 e. The smallest absolute Gasteiger partial charge is 0.306 e. The molecule has 0 aromatic carbocycles. The number of esters is 1. The number of carbonyl (C=O) groups is 3. The number of allylic oxidation sites excluding steroid dienone is 4. The standard InChI is InChI=1S/C36H57NO4/c1-13-15-31(3,4)17-19-34(9,23-29(39)41-12)20-18-32(5,6)36(11)16-14-27-33(7,8)30(40)26(24-37)22-35(27,10)28(36)21-25(2)38/h21-22,27H,13-20,23H2,1-12H3/b28-21-/t27-,34-,35-,36+/m0/s1. The van der Waals surface area contributed by atoms with Crippen LogP contribution in [0.4, 0.5) is 0 Å². The van der Waals surface area contributed by atoms with Crippen LogP contribution in [0.5, 0.6) is 0 Å². The van der Waals surface area contributed by atoms with Gasteiger partial charge in [-0.2, -0.15) is 5.26 Å². The number of nitrogens with zero attached hydrogens (tertiary/aromatic N) is 1. The lowest BCUT2D eigenvalue weighted by molar-refractivity contribution is -0.144. The first-order valence-electron chi connectivity index (χ1n) is 15.6. The van der Waals surface area contributed by atoms with Gasteiger partial charge in [-0.3, -0.25) is 14.4 Å². The molecule has 5 heteroatoms. The first-order chi connectivity index (χ1) is 18.6. The minimum absolute atomic E-state index is 0.000498. The van der Waals surface area contributed by atoms with Crippen LogP contribution in [0.15, 0.2) is 23.3 Å². The SMILES string of the molecule is CCCC(C)(C)CC[C@@](C)(CCC(C)(C)[C@]1(C)CC[C@H]2C(C)(C)C(=O)C(C#N)=C[C@]2(C)/C1=C/C(C)=O)CC(=O)OC. The molecule has 0 saturated heterocycles. The summed E-state index contributed by atoms with van der Waals surface area (Å²) >= 11 is 0. The van der Waals surface area contributed by atoms with E-state index in [0.29, 0.717) is 6.42 Å². The Balaban J connectivity index is 2.53. The van der Waals surface area contributed by atoms with Crippen LogP contribution in [-0.2, 0) is 19.1 Å². The molecule has 0 aromatic rings. The van der Waals surface area contributed by atoms with Crippen molar-refractivity contribution in [3.8, 4) is 6.07 Å². The van der Waals surface area contributed by atoms with Crippen LogP contribution in [0.2, 0.25) is 0 Å². The minimum atomic E-state index is -0.694. The van der Waals surface area contributed by atoms with Crippen molar-refractivity contribution in [2.45, 2.75) is 134 Å². The lowest BCUT2D eigenvalue weighted by atomic mass is 9.42. The number of nitriles is 1. The Labute approximate surface area is 250 Å². The van der Waals surface area contributed by atoms with Crippen molar-refractivity contribution in [1.82, 2.24) is 0 Å². The second kappa shape index (κ2) is 12.2. The van der Waals surface area contributed by atoms with E-state index in [-0.39, 0.29) is 50.7 Å². The lowest BCUT2D eigenvalue weighted by Gasteiger charge is -2.61. The summed E-state index contributed by atoms with van der Waals surface area (Å²) in [6.45, 7) is 23.6.